The Morgan fingerprint density at radius 2 is 0.429 bits per heavy atom. The second kappa shape index (κ2) is 84.1. The van der Waals surface area contributed by atoms with Crippen molar-refractivity contribution < 1.29 is 80.2 Å². The molecule has 666 valence electrons. The largest absolute Gasteiger partial charge is 0.472 e. The molecule has 0 aliphatic rings. The molecule has 19 heteroatoms. The molecular formula is C93H182O17P2. The van der Waals surface area contributed by atoms with E-state index in [1.165, 1.54) is 315 Å². The van der Waals surface area contributed by atoms with E-state index in [0.717, 1.165) is 108 Å². The highest BCUT2D eigenvalue weighted by Crippen LogP contribution is 2.45. The van der Waals surface area contributed by atoms with Crippen molar-refractivity contribution in [3.8, 4) is 0 Å². The molecule has 0 aromatic carbocycles. The number of aliphatic hydroxyl groups excluding tert-OH is 1. The molecule has 0 aliphatic carbocycles. The molecule has 0 heterocycles. The van der Waals surface area contributed by atoms with Crippen molar-refractivity contribution in [2.24, 2.45) is 11.8 Å². The lowest BCUT2D eigenvalue weighted by Gasteiger charge is -2.21. The summed E-state index contributed by atoms with van der Waals surface area (Å²) in [5.41, 5.74) is 0. The number of esters is 4. The molecule has 0 aliphatic heterocycles. The van der Waals surface area contributed by atoms with Crippen LogP contribution in [0.25, 0.3) is 0 Å². The first-order chi connectivity index (χ1) is 54.4. The standard InChI is InChI=1S/C93H182O17P2/c1-7-11-13-15-17-19-21-23-25-27-29-30-32-36-40-44-48-52-56-63-69-75-90(95)103-81-88(109-92(97)77-71-65-58-54-50-46-42-38-34-33-35-39-43-47-51-55-61-67-73-85(5)9-3)83-107-111(99,100)105-79-87(94)80-106-112(101,102)108-84-89(82-104-91(96)76-70-64-60-59-62-68-74-86(6)10-4)110-93(98)78-72-66-57-53-49-45-41-37-31-28-26-24-22-20-18-16-14-12-8-2/h85-89,94H,7-84H2,1-6H3,(H,99,100)(H,101,102)/t85?,86?,87-,88-,89-/m1/s1. The molecule has 3 N–H and O–H groups in total. The number of aliphatic hydroxyl groups is 1. The summed E-state index contributed by atoms with van der Waals surface area (Å²) in [4.78, 5) is 73.4. The van der Waals surface area contributed by atoms with E-state index in [9.17, 15) is 43.2 Å². The Bertz CT molecular complexity index is 2140. The molecule has 0 saturated carbocycles. The molecule has 0 aromatic heterocycles. The number of phosphoric acid groups is 2. The van der Waals surface area contributed by atoms with Crippen molar-refractivity contribution in [1.82, 2.24) is 0 Å². The predicted octanol–water partition coefficient (Wildman–Crippen LogP) is 29.0. The second-order valence-electron chi connectivity index (χ2n) is 33.9. The molecule has 112 heavy (non-hydrogen) atoms. The lowest BCUT2D eigenvalue weighted by Crippen LogP contribution is -2.30. The van der Waals surface area contributed by atoms with Crippen LogP contribution in [-0.2, 0) is 65.4 Å². The van der Waals surface area contributed by atoms with Gasteiger partial charge in [-0.15, -0.1) is 0 Å². The number of carbonyl (C=O) groups excluding carboxylic acids is 4. The number of phosphoric ester groups is 2. The van der Waals surface area contributed by atoms with Gasteiger partial charge in [0.1, 0.15) is 19.3 Å². The van der Waals surface area contributed by atoms with Crippen LogP contribution in [0.2, 0.25) is 0 Å². The molecule has 0 saturated heterocycles. The van der Waals surface area contributed by atoms with E-state index in [2.05, 4.69) is 41.5 Å². The van der Waals surface area contributed by atoms with Crippen LogP contribution in [-0.4, -0.2) is 96.7 Å². The Labute approximate surface area is 689 Å². The average Bonchev–Trinajstić information content (AvgIpc) is 0.899. The summed E-state index contributed by atoms with van der Waals surface area (Å²) in [5, 5.41) is 10.7. The normalized spacial score (nSPS) is 14.2. The van der Waals surface area contributed by atoms with E-state index in [1.807, 2.05) is 0 Å². The van der Waals surface area contributed by atoms with Gasteiger partial charge in [0.15, 0.2) is 12.2 Å². The fourth-order valence-corrected chi connectivity index (χ4v) is 16.2. The van der Waals surface area contributed by atoms with Crippen molar-refractivity contribution in [3.05, 3.63) is 0 Å². The van der Waals surface area contributed by atoms with Crippen LogP contribution >= 0.6 is 15.6 Å². The van der Waals surface area contributed by atoms with Crippen LogP contribution in [0.4, 0.5) is 0 Å². The smallest absolute Gasteiger partial charge is 0.462 e. The van der Waals surface area contributed by atoms with Crippen molar-refractivity contribution in [1.29, 1.82) is 0 Å². The summed E-state index contributed by atoms with van der Waals surface area (Å²) in [6, 6.07) is 0. The van der Waals surface area contributed by atoms with Crippen molar-refractivity contribution in [3.63, 3.8) is 0 Å². The third-order valence-corrected chi connectivity index (χ3v) is 24.6. The van der Waals surface area contributed by atoms with Gasteiger partial charge in [-0.1, -0.05) is 452 Å². The van der Waals surface area contributed by atoms with Gasteiger partial charge < -0.3 is 33.8 Å². The van der Waals surface area contributed by atoms with Gasteiger partial charge in [-0.05, 0) is 37.5 Å². The maximum Gasteiger partial charge on any atom is 0.472 e. The average molecular weight is 1630 g/mol. The summed E-state index contributed by atoms with van der Waals surface area (Å²) >= 11 is 0. The molecule has 0 amide bonds. The van der Waals surface area contributed by atoms with E-state index in [1.54, 1.807) is 0 Å². The molecular weight excluding hydrogens is 1450 g/mol. The van der Waals surface area contributed by atoms with Crippen LogP contribution < -0.4 is 0 Å². The number of ether oxygens (including phenoxy) is 4. The highest BCUT2D eigenvalue weighted by Gasteiger charge is 2.31. The van der Waals surface area contributed by atoms with Gasteiger partial charge in [-0.2, -0.15) is 0 Å². The lowest BCUT2D eigenvalue weighted by molar-refractivity contribution is -0.161. The number of rotatable bonds is 92. The number of unbranched alkanes of at least 4 members (excludes halogenated alkanes) is 60. The molecule has 4 unspecified atom stereocenters. The third-order valence-electron chi connectivity index (χ3n) is 22.7. The summed E-state index contributed by atoms with van der Waals surface area (Å²) in [6.07, 6.45) is 79.4. The van der Waals surface area contributed by atoms with Gasteiger partial charge in [0.2, 0.25) is 0 Å². The minimum Gasteiger partial charge on any atom is -0.462 e. The molecule has 0 aromatic rings. The summed E-state index contributed by atoms with van der Waals surface area (Å²) < 4.78 is 69.1. The zero-order chi connectivity index (χ0) is 82.0. The monoisotopic (exact) mass is 1630 g/mol. The van der Waals surface area contributed by atoms with Gasteiger partial charge >= 0.3 is 39.5 Å². The molecule has 0 radical (unpaired) electrons. The highest BCUT2D eigenvalue weighted by molar-refractivity contribution is 7.47. The molecule has 0 bridgehead atoms. The second-order valence-corrected chi connectivity index (χ2v) is 36.8. The van der Waals surface area contributed by atoms with Crippen LogP contribution in [0.1, 0.15) is 504 Å². The Balaban J connectivity index is 5.21. The zero-order valence-electron chi connectivity index (χ0n) is 74.0. The Kier molecular flexibility index (Phi) is 82.6. The number of carbonyl (C=O) groups is 4. The lowest BCUT2D eigenvalue weighted by atomic mass is 9.99. The van der Waals surface area contributed by atoms with E-state index < -0.39 is 97.5 Å². The fourth-order valence-electron chi connectivity index (χ4n) is 14.6. The van der Waals surface area contributed by atoms with Crippen LogP contribution in [0.3, 0.4) is 0 Å². The number of hydrogen-bond acceptors (Lipinski definition) is 15. The van der Waals surface area contributed by atoms with Gasteiger partial charge in [-0.25, -0.2) is 9.13 Å². The van der Waals surface area contributed by atoms with Gasteiger partial charge in [0.05, 0.1) is 26.4 Å². The molecule has 0 spiro atoms. The maximum absolute atomic E-state index is 13.2. The van der Waals surface area contributed by atoms with Crippen molar-refractivity contribution >= 4 is 39.5 Å². The Morgan fingerprint density at radius 3 is 0.634 bits per heavy atom. The van der Waals surface area contributed by atoms with E-state index in [0.29, 0.717) is 25.7 Å². The quantitative estimate of drug-likeness (QED) is 0.0222. The fraction of sp³-hybridized carbons (Fsp3) is 0.957. The number of hydrogen-bond donors (Lipinski definition) is 3. The van der Waals surface area contributed by atoms with Crippen LogP contribution in [0.5, 0.6) is 0 Å². The minimum atomic E-state index is -4.97. The van der Waals surface area contributed by atoms with Gasteiger partial charge in [0.25, 0.3) is 0 Å². The van der Waals surface area contributed by atoms with Gasteiger partial charge in [-0.3, -0.25) is 37.3 Å². The zero-order valence-corrected chi connectivity index (χ0v) is 75.8. The topological polar surface area (TPSA) is 237 Å². The SMILES string of the molecule is CCCCCCCCCCCCCCCCCCCCCCCC(=O)OC[C@H](COP(=O)(O)OC[C@@H](O)COP(=O)(O)OC[C@@H](COC(=O)CCCCCCCCC(C)CC)OC(=O)CCCCCCCCCCCCCCCCCCCCC)OC(=O)CCCCCCCCCCCCCCCCCCCCC(C)CC. The van der Waals surface area contributed by atoms with E-state index in [-0.39, 0.29) is 25.7 Å². The van der Waals surface area contributed by atoms with Crippen molar-refractivity contribution in [2.75, 3.05) is 39.6 Å². The first-order valence-electron chi connectivity index (χ1n) is 48.1. The summed E-state index contributed by atoms with van der Waals surface area (Å²) in [5.74, 6) is -0.494. The predicted molar refractivity (Wildman–Crippen MR) is 465 cm³/mol. The molecule has 17 nitrogen and oxygen atoms in total. The van der Waals surface area contributed by atoms with Crippen LogP contribution in [0.15, 0.2) is 0 Å². The first kappa shape index (κ1) is 110. The summed E-state index contributed by atoms with van der Waals surface area (Å²) in [6.45, 7) is 9.74. The molecule has 0 rings (SSSR count). The third kappa shape index (κ3) is 83.1. The van der Waals surface area contributed by atoms with E-state index in [4.69, 9.17) is 37.0 Å². The molecule has 0 fully saturated rings. The van der Waals surface area contributed by atoms with Gasteiger partial charge in [0, 0.05) is 25.7 Å². The Morgan fingerprint density at radius 1 is 0.250 bits per heavy atom. The van der Waals surface area contributed by atoms with Crippen LogP contribution in [0, 0.1) is 11.8 Å². The molecule has 7 atom stereocenters. The highest BCUT2D eigenvalue weighted by atomic mass is 31.2. The van der Waals surface area contributed by atoms with Crippen molar-refractivity contribution in [2.45, 2.75) is 522 Å². The Hall–Kier alpha value is -1.94. The summed E-state index contributed by atoms with van der Waals surface area (Å²) in [7, 11) is -9.94. The van der Waals surface area contributed by atoms with E-state index >= 15 is 0 Å². The first-order valence-corrected chi connectivity index (χ1v) is 51.1. The maximum atomic E-state index is 13.2. The minimum absolute atomic E-state index is 0.108.